The standard InChI is InChI=1S/C18H32N4O/c1-14(2)16-7-6-15(3)13-18-20-19-17(22(16)18)5-4-8-21-9-11-23-12-10-21/h14-16H,4-13H2,1-3H3/t15-,16+/m1/s1. The summed E-state index contributed by atoms with van der Waals surface area (Å²) in [5.74, 6) is 3.80. The summed E-state index contributed by atoms with van der Waals surface area (Å²) in [6.45, 7) is 12.1. The lowest BCUT2D eigenvalue weighted by atomic mass is 9.95. The molecule has 0 spiro atoms. The molecule has 23 heavy (non-hydrogen) atoms. The fraction of sp³-hybridized carbons (Fsp3) is 0.889. The third-order valence-corrected chi connectivity index (χ3v) is 5.40. The van der Waals surface area contributed by atoms with Crippen LogP contribution in [0, 0.1) is 11.8 Å². The van der Waals surface area contributed by atoms with Crippen molar-refractivity contribution in [3.8, 4) is 0 Å². The van der Waals surface area contributed by atoms with E-state index in [1.807, 2.05) is 0 Å². The summed E-state index contributed by atoms with van der Waals surface area (Å²) in [4.78, 5) is 2.51. The Kier molecular flexibility index (Phi) is 5.70. The summed E-state index contributed by atoms with van der Waals surface area (Å²) in [7, 11) is 0. The van der Waals surface area contributed by atoms with Crippen molar-refractivity contribution in [2.24, 2.45) is 11.8 Å². The van der Waals surface area contributed by atoms with Crippen LogP contribution in [-0.4, -0.2) is 52.5 Å². The molecule has 130 valence electrons. The molecule has 0 saturated carbocycles. The minimum atomic E-state index is 0.573. The number of hydrogen-bond donors (Lipinski definition) is 0. The van der Waals surface area contributed by atoms with Crippen LogP contribution in [0.3, 0.4) is 0 Å². The van der Waals surface area contributed by atoms with Gasteiger partial charge in [-0.1, -0.05) is 20.8 Å². The van der Waals surface area contributed by atoms with Crippen molar-refractivity contribution in [3.05, 3.63) is 11.6 Å². The highest BCUT2D eigenvalue weighted by Gasteiger charge is 2.27. The number of nitrogens with zero attached hydrogens (tertiary/aromatic N) is 4. The summed E-state index contributed by atoms with van der Waals surface area (Å²) < 4.78 is 7.92. The highest BCUT2D eigenvalue weighted by molar-refractivity contribution is 5.03. The Bertz CT molecular complexity index is 493. The summed E-state index contributed by atoms with van der Waals surface area (Å²) in [5.41, 5.74) is 0. The maximum absolute atomic E-state index is 5.42. The van der Waals surface area contributed by atoms with Gasteiger partial charge in [-0.05, 0) is 37.6 Å². The summed E-state index contributed by atoms with van der Waals surface area (Å²) in [5, 5.41) is 9.10. The molecule has 3 rings (SSSR count). The summed E-state index contributed by atoms with van der Waals surface area (Å²) in [6.07, 6.45) is 5.86. The van der Waals surface area contributed by atoms with Gasteiger partial charge in [0, 0.05) is 32.0 Å². The second kappa shape index (κ2) is 7.75. The number of rotatable bonds is 5. The first-order chi connectivity index (χ1) is 11.1. The lowest BCUT2D eigenvalue weighted by molar-refractivity contribution is 0.0373. The first-order valence-corrected chi connectivity index (χ1v) is 9.38. The molecule has 5 heteroatoms. The third-order valence-electron chi connectivity index (χ3n) is 5.40. The van der Waals surface area contributed by atoms with Gasteiger partial charge in [0.1, 0.15) is 11.6 Å². The van der Waals surface area contributed by atoms with E-state index in [2.05, 4.69) is 40.4 Å². The monoisotopic (exact) mass is 320 g/mol. The molecule has 0 aromatic carbocycles. The molecule has 1 saturated heterocycles. The highest BCUT2D eigenvalue weighted by Crippen LogP contribution is 2.32. The van der Waals surface area contributed by atoms with Crippen molar-refractivity contribution in [2.75, 3.05) is 32.8 Å². The predicted molar refractivity (Wildman–Crippen MR) is 91.6 cm³/mol. The molecule has 2 aliphatic heterocycles. The zero-order valence-electron chi connectivity index (χ0n) is 15.0. The van der Waals surface area contributed by atoms with E-state index in [0.29, 0.717) is 12.0 Å². The van der Waals surface area contributed by atoms with E-state index in [-0.39, 0.29) is 0 Å². The third kappa shape index (κ3) is 4.13. The molecule has 2 atom stereocenters. The number of aromatic nitrogens is 3. The fourth-order valence-corrected chi connectivity index (χ4v) is 3.97. The normalized spacial score (nSPS) is 26.3. The molecule has 1 aromatic rings. The van der Waals surface area contributed by atoms with Gasteiger partial charge in [0.15, 0.2) is 0 Å². The molecular formula is C18H32N4O. The lowest BCUT2D eigenvalue weighted by Gasteiger charge is -2.27. The Hall–Kier alpha value is -0.940. The van der Waals surface area contributed by atoms with Crippen LogP contribution in [-0.2, 0) is 17.6 Å². The van der Waals surface area contributed by atoms with E-state index in [0.717, 1.165) is 51.6 Å². The van der Waals surface area contributed by atoms with E-state index < -0.39 is 0 Å². The van der Waals surface area contributed by atoms with Crippen molar-refractivity contribution < 1.29 is 4.74 Å². The number of ether oxygens (including phenoxy) is 1. The second-order valence-corrected chi connectivity index (χ2v) is 7.66. The van der Waals surface area contributed by atoms with E-state index in [4.69, 9.17) is 4.74 Å². The Morgan fingerprint density at radius 2 is 1.96 bits per heavy atom. The molecule has 0 aliphatic carbocycles. The molecule has 0 bridgehead atoms. The van der Waals surface area contributed by atoms with Crippen LogP contribution >= 0.6 is 0 Å². The minimum absolute atomic E-state index is 0.573. The van der Waals surface area contributed by atoms with Crippen molar-refractivity contribution >= 4 is 0 Å². The van der Waals surface area contributed by atoms with Gasteiger partial charge in [-0.15, -0.1) is 10.2 Å². The van der Waals surface area contributed by atoms with Gasteiger partial charge in [0.2, 0.25) is 0 Å². The topological polar surface area (TPSA) is 43.2 Å². The lowest BCUT2D eigenvalue weighted by Crippen LogP contribution is -2.37. The molecule has 1 aromatic heterocycles. The first kappa shape index (κ1) is 16.9. The zero-order valence-corrected chi connectivity index (χ0v) is 15.0. The van der Waals surface area contributed by atoms with Gasteiger partial charge in [-0.3, -0.25) is 4.90 Å². The number of aryl methyl sites for hydroxylation is 1. The van der Waals surface area contributed by atoms with Crippen LogP contribution in [0.25, 0.3) is 0 Å². The largest absolute Gasteiger partial charge is 0.379 e. The van der Waals surface area contributed by atoms with Crippen molar-refractivity contribution in [1.29, 1.82) is 0 Å². The first-order valence-electron chi connectivity index (χ1n) is 9.38. The average molecular weight is 320 g/mol. The molecule has 0 radical (unpaired) electrons. The molecule has 1 fully saturated rings. The van der Waals surface area contributed by atoms with E-state index in [9.17, 15) is 0 Å². The van der Waals surface area contributed by atoms with Gasteiger partial charge < -0.3 is 9.30 Å². The SMILES string of the molecule is CC(C)[C@@H]1CC[C@@H](C)Cc2nnc(CCCN3CCOCC3)n21. The van der Waals surface area contributed by atoms with E-state index in [1.54, 1.807) is 0 Å². The second-order valence-electron chi connectivity index (χ2n) is 7.66. The van der Waals surface area contributed by atoms with Crippen molar-refractivity contribution in [1.82, 2.24) is 19.7 Å². The Labute approximate surface area is 140 Å². The van der Waals surface area contributed by atoms with Crippen molar-refractivity contribution in [3.63, 3.8) is 0 Å². The number of morpholine rings is 1. The Balaban J connectivity index is 1.65. The molecule has 0 N–H and O–H groups in total. The molecule has 0 unspecified atom stereocenters. The van der Waals surface area contributed by atoms with Crippen LogP contribution in [0.2, 0.25) is 0 Å². The maximum Gasteiger partial charge on any atom is 0.133 e. The van der Waals surface area contributed by atoms with E-state index >= 15 is 0 Å². The highest BCUT2D eigenvalue weighted by atomic mass is 16.5. The van der Waals surface area contributed by atoms with Crippen LogP contribution in [0.15, 0.2) is 0 Å². The van der Waals surface area contributed by atoms with Gasteiger partial charge in [0.05, 0.1) is 13.2 Å². The van der Waals surface area contributed by atoms with Crippen LogP contribution in [0.4, 0.5) is 0 Å². The van der Waals surface area contributed by atoms with Gasteiger partial charge >= 0.3 is 0 Å². The van der Waals surface area contributed by atoms with Crippen LogP contribution in [0.5, 0.6) is 0 Å². The Morgan fingerprint density at radius 3 is 2.70 bits per heavy atom. The number of fused-ring (bicyclic) bond motifs is 1. The van der Waals surface area contributed by atoms with Crippen molar-refractivity contribution in [2.45, 2.75) is 58.9 Å². The van der Waals surface area contributed by atoms with Gasteiger partial charge in [-0.2, -0.15) is 0 Å². The van der Waals surface area contributed by atoms with E-state index in [1.165, 1.54) is 30.9 Å². The van der Waals surface area contributed by atoms with Crippen LogP contribution < -0.4 is 0 Å². The fourth-order valence-electron chi connectivity index (χ4n) is 3.97. The zero-order chi connectivity index (χ0) is 16.2. The average Bonchev–Trinajstić information content (AvgIpc) is 2.82. The summed E-state index contributed by atoms with van der Waals surface area (Å²) in [6, 6.07) is 0.573. The minimum Gasteiger partial charge on any atom is -0.379 e. The van der Waals surface area contributed by atoms with Gasteiger partial charge in [0.25, 0.3) is 0 Å². The maximum atomic E-state index is 5.42. The quantitative estimate of drug-likeness (QED) is 0.837. The molecular weight excluding hydrogens is 288 g/mol. The summed E-state index contributed by atoms with van der Waals surface area (Å²) >= 11 is 0. The Morgan fingerprint density at radius 1 is 1.17 bits per heavy atom. The molecule has 3 heterocycles. The van der Waals surface area contributed by atoms with Crippen LogP contribution in [0.1, 0.15) is 57.7 Å². The molecule has 0 amide bonds. The van der Waals surface area contributed by atoms with Gasteiger partial charge in [-0.25, -0.2) is 0 Å². The smallest absolute Gasteiger partial charge is 0.133 e. The predicted octanol–water partition coefficient (Wildman–Crippen LogP) is 2.71. The molecule has 2 aliphatic rings. The number of hydrogen-bond acceptors (Lipinski definition) is 4. The molecule has 5 nitrogen and oxygen atoms in total.